The lowest BCUT2D eigenvalue weighted by molar-refractivity contribution is -0.147. The fourth-order valence-corrected chi connectivity index (χ4v) is 4.10. The monoisotopic (exact) mass is 549 g/mol. The van der Waals surface area contributed by atoms with E-state index in [4.69, 9.17) is 32.7 Å². The van der Waals surface area contributed by atoms with E-state index >= 15 is 0 Å². The fraction of sp³-hybridized carbons (Fsp3) is 0.435. The van der Waals surface area contributed by atoms with Gasteiger partial charge in [0.15, 0.2) is 0 Å². The minimum Gasteiger partial charge on any atom is -0.490 e. The van der Waals surface area contributed by atoms with Crippen molar-refractivity contribution in [3.63, 3.8) is 0 Å². The number of H-pyrrole nitrogens is 1. The first-order chi connectivity index (χ1) is 16.9. The Morgan fingerprint density at radius 2 is 1.89 bits per heavy atom. The molecule has 1 atom stereocenters. The maximum Gasteiger partial charge on any atom is 0.417 e. The number of nitrogens with zero attached hydrogens (tertiary/aromatic N) is 1. The second-order valence-electron chi connectivity index (χ2n) is 8.26. The third-order valence-corrected chi connectivity index (χ3v) is 6.23. The first-order valence-corrected chi connectivity index (χ1v) is 11.8. The predicted octanol–water partition coefficient (Wildman–Crippen LogP) is 3.91. The normalized spacial score (nSPS) is 15.8. The fourth-order valence-electron chi connectivity index (χ4n) is 3.81. The molecular formula is C23H24Cl2F3N3O5. The molecule has 1 fully saturated rings. The van der Waals surface area contributed by atoms with Crippen LogP contribution in [0.25, 0.3) is 0 Å². The first kappa shape index (κ1) is 27.8. The summed E-state index contributed by atoms with van der Waals surface area (Å²) in [6, 6.07) is 5.34. The molecule has 1 unspecified atom stereocenters. The molecular weight excluding hydrogens is 526 g/mol. The lowest BCUT2D eigenvalue weighted by atomic mass is 10.1. The third-order valence-electron chi connectivity index (χ3n) is 5.49. The molecule has 0 bridgehead atoms. The zero-order valence-corrected chi connectivity index (χ0v) is 20.7. The number of alkyl halides is 3. The van der Waals surface area contributed by atoms with E-state index in [1.807, 2.05) is 4.90 Å². The Hall–Kier alpha value is -2.76. The molecule has 3 rings (SSSR count). The summed E-state index contributed by atoms with van der Waals surface area (Å²) in [5.41, 5.74) is -3.07. The molecule has 13 heteroatoms. The van der Waals surface area contributed by atoms with Gasteiger partial charge in [-0.05, 0) is 25.0 Å². The van der Waals surface area contributed by atoms with Crippen LogP contribution < -0.4 is 15.6 Å². The Morgan fingerprint density at radius 3 is 2.50 bits per heavy atom. The highest BCUT2D eigenvalue weighted by molar-refractivity contribution is 6.42. The Kier molecular flexibility index (Phi) is 9.26. The van der Waals surface area contributed by atoms with Crippen LogP contribution in [-0.4, -0.2) is 60.1 Å². The molecule has 0 radical (unpaired) electrons. The van der Waals surface area contributed by atoms with E-state index in [9.17, 15) is 27.6 Å². The van der Waals surface area contributed by atoms with Crippen molar-refractivity contribution in [3.8, 4) is 5.75 Å². The smallest absolute Gasteiger partial charge is 0.417 e. The van der Waals surface area contributed by atoms with Crippen LogP contribution in [0.5, 0.6) is 5.75 Å². The molecule has 8 nitrogen and oxygen atoms in total. The van der Waals surface area contributed by atoms with Gasteiger partial charge in [0.05, 0.1) is 27.7 Å². The average Bonchev–Trinajstić information content (AvgIpc) is 2.80. The van der Waals surface area contributed by atoms with E-state index in [2.05, 4.69) is 10.3 Å². The van der Waals surface area contributed by atoms with Crippen molar-refractivity contribution in [2.45, 2.75) is 38.1 Å². The second kappa shape index (κ2) is 12.0. The molecule has 1 aliphatic heterocycles. The molecule has 2 aromatic rings. The number of hydrogen-bond acceptors (Lipinski definition) is 6. The van der Waals surface area contributed by atoms with E-state index < -0.39 is 40.8 Å². The van der Waals surface area contributed by atoms with E-state index in [-0.39, 0.29) is 19.2 Å². The van der Waals surface area contributed by atoms with Crippen LogP contribution in [0.2, 0.25) is 10.0 Å². The van der Waals surface area contributed by atoms with Crippen LogP contribution in [0, 0.1) is 0 Å². The van der Waals surface area contributed by atoms with Crippen molar-refractivity contribution in [2.24, 2.45) is 0 Å². The number of aromatic nitrogens is 1. The van der Waals surface area contributed by atoms with Crippen molar-refractivity contribution in [1.29, 1.82) is 0 Å². The number of amides is 1. The molecule has 2 N–H and O–H groups in total. The summed E-state index contributed by atoms with van der Waals surface area (Å²) in [5.74, 6) is -1.04. The number of likely N-dealkylation sites (tertiary alicyclic amines) is 1. The Bertz CT molecular complexity index is 1150. The number of nitrogens with one attached hydrogen (secondary N) is 2. The summed E-state index contributed by atoms with van der Waals surface area (Å²) < 4.78 is 51.0. The highest BCUT2D eigenvalue weighted by Gasteiger charge is 2.36. The highest BCUT2D eigenvalue weighted by atomic mass is 35.5. The SMILES string of the molecule is CC(=O)OC(CNC(=O)c1c[nH]c(=O)cc1C(F)(F)F)CN1CCC(Oc2ccc(Cl)c(Cl)c2)CC1. The van der Waals surface area contributed by atoms with E-state index in [0.717, 1.165) is 0 Å². The summed E-state index contributed by atoms with van der Waals surface area (Å²) in [4.78, 5) is 39.4. The van der Waals surface area contributed by atoms with Gasteiger partial charge in [0.1, 0.15) is 18.0 Å². The molecule has 2 heterocycles. The average molecular weight is 550 g/mol. The molecule has 0 spiro atoms. The maximum atomic E-state index is 13.2. The van der Waals surface area contributed by atoms with Gasteiger partial charge >= 0.3 is 12.1 Å². The van der Waals surface area contributed by atoms with Crippen molar-refractivity contribution in [3.05, 3.63) is 62.0 Å². The number of rotatable bonds is 8. The number of carbonyl (C=O) groups excluding carboxylic acids is 2. The second-order valence-corrected chi connectivity index (χ2v) is 9.07. The van der Waals surface area contributed by atoms with Crippen LogP contribution in [0.3, 0.4) is 0 Å². The van der Waals surface area contributed by atoms with Gasteiger partial charge in [0.25, 0.3) is 5.91 Å². The van der Waals surface area contributed by atoms with Crippen molar-refractivity contribution >= 4 is 35.1 Å². The minimum absolute atomic E-state index is 0.0635. The lowest BCUT2D eigenvalue weighted by Gasteiger charge is -2.34. The number of pyridine rings is 1. The van der Waals surface area contributed by atoms with Gasteiger partial charge in [-0.3, -0.25) is 19.3 Å². The van der Waals surface area contributed by atoms with Gasteiger partial charge in [-0.15, -0.1) is 0 Å². The molecule has 1 aromatic carbocycles. The Balaban J connectivity index is 1.56. The van der Waals surface area contributed by atoms with Gasteiger partial charge in [0.2, 0.25) is 5.56 Å². The zero-order chi connectivity index (χ0) is 26.5. The summed E-state index contributed by atoms with van der Waals surface area (Å²) in [6.45, 7) is 2.47. The topological polar surface area (TPSA) is 101 Å². The molecule has 1 aliphatic rings. The number of esters is 1. The van der Waals surface area contributed by atoms with Crippen molar-refractivity contribution in [1.82, 2.24) is 15.2 Å². The molecule has 1 aromatic heterocycles. The van der Waals surface area contributed by atoms with Crippen LogP contribution >= 0.6 is 23.2 Å². The number of halogens is 5. The summed E-state index contributed by atoms with van der Waals surface area (Å²) in [6.07, 6.45) is -3.69. The summed E-state index contributed by atoms with van der Waals surface area (Å²) in [5, 5.41) is 3.18. The molecule has 196 valence electrons. The van der Waals surface area contributed by atoms with Gasteiger partial charge in [-0.1, -0.05) is 23.2 Å². The van der Waals surface area contributed by atoms with E-state index in [1.54, 1.807) is 18.2 Å². The van der Waals surface area contributed by atoms with Gasteiger partial charge in [0, 0.05) is 44.9 Å². The number of carbonyl (C=O) groups is 2. The van der Waals surface area contributed by atoms with Crippen molar-refractivity contribution in [2.75, 3.05) is 26.2 Å². The van der Waals surface area contributed by atoms with Gasteiger partial charge < -0.3 is 19.8 Å². The minimum atomic E-state index is -4.89. The molecule has 0 aliphatic carbocycles. The standard InChI is InChI=1S/C23H24Cl2F3N3O5/c1-13(32)35-16(10-30-22(34)17-11-29-21(33)9-18(17)23(26,27)28)12-31-6-4-14(5-7-31)36-15-2-3-19(24)20(25)8-15/h2-3,8-9,11,14,16H,4-7,10,12H2,1H3,(H,29,33)(H,30,34). The molecule has 1 saturated heterocycles. The van der Waals surface area contributed by atoms with Crippen molar-refractivity contribution < 1.29 is 32.2 Å². The predicted molar refractivity (Wildman–Crippen MR) is 127 cm³/mol. The Morgan fingerprint density at radius 1 is 1.19 bits per heavy atom. The summed E-state index contributed by atoms with van der Waals surface area (Å²) in [7, 11) is 0. The third kappa shape index (κ3) is 7.87. The lowest BCUT2D eigenvalue weighted by Crippen LogP contribution is -2.46. The number of benzene rings is 1. The molecule has 36 heavy (non-hydrogen) atoms. The zero-order valence-electron chi connectivity index (χ0n) is 19.2. The number of hydrogen-bond donors (Lipinski definition) is 2. The highest BCUT2D eigenvalue weighted by Crippen LogP contribution is 2.31. The van der Waals surface area contributed by atoms with E-state index in [0.29, 0.717) is 54.0 Å². The number of aromatic amines is 1. The molecule has 1 amide bonds. The quantitative estimate of drug-likeness (QED) is 0.484. The van der Waals surface area contributed by atoms with Crippen LogP contribution in [0.15, 0.2) is 35.3 Å². The maximum absolute atomic E-state index is 13.2. The van der Waals surface area contributed by atoms with Crippen LogP contribution in [0.4, 0.5) is 13.2 Å². The van der Waals surface area contributed by atoms with Gasteiger partial charge in [-0.2, -0.15) is 13.2 Å². The number of ether oxygens (including phenoxy) is 2. The summed E-state index contributed by atoms with van der Waals surface area (Å²) >= 11 is 11.9. The van der Waals surface area contributed by atoms with Gasteiger partial charge in [-0.25, -0.2) is 0 Å². The van der Waals surface area contributed by atoms with Crippen LogP contribution in [0.1, 0.15) is 35.7 Å². The van der Waals surface area contributed by atoms with Crippen LogP contribution in [-0.2, 0) is 15.7 Å². The van der Waals surface area contributed by atoms with E-state index in [1.165, 1.54) is 6.92 Å². The molecule has 0 saturated carbocycles. The Labute approximate surface area is 214 Å². The number of piperidine rings is 1. The largest absolute Gasteiger partial charge is 0.490 e. The first-order valence-electron chi connectivity index (χ1n) is 11.0.